The van der Waals surface area contributed by atoms with Gasteiger partial charge < -0.3 is 14.8 Å². The average Bonchev–Trinajstić information content (AvgIpc) is 2.68. The summed E-state index contributed by atoms with van der Waals surface area (Å²) in [5.74, 6) is 1.03. The molecule has 0 fully saturated rings. The van der Waals surface area contributed by atoms with Gasteiger partial charge in [-0.2, -0.15) is 0 Å². The van der Waals surface area contributed by atoms with Gasteiger partial charge in [-0.05, 0) is 23.8 Å². The number of hydrogen-bond acceptors (Lipinski definition) is 3. The predicted molar refractivity (Wildman–Crippen MR) is 96.9 cm³/mol. The van der Waals surface area contributed by atoms with Gasteiger partial charge in [-0.15, -0.1) is 0 Å². The lowest BCUT2D eigenvalue weighted by Gasteiger charge is -2.25. The molecular formula is C21H17NO3. The molecule has 1 heterocycles. The van der Waals surface area contributed by atoms with Crippen LogP contribution in [0.3, 0.4) is 0 Å². The molecule has 4 nitrogen and oxygen atoms in total. The maximum Gasteiger partial charge on any atom is 0.269 e. The number of ether oxygens (including phenoxy) is 2. The molecule has 0 spiro atoms. The minimum Gasteiger partial charge on any atom is -0.485 e. The molecule has 1 aliphatic heterocycles. The van der Waals surface area contributed by atoms with Gasteiger partial charge in [0.1, 0.15) is 6.61 Å². The smallest absolute Gasteiger partial charge is 0.269 e. The van der Waals surface area contributed by atoms with E-state index in [0.29, 0.717) is 11.5 Å². The van der Waals surface area contributed by atoms with Gasteiger partial charge in [0.25, 0.3) is 5.91 Å². The Morgan fingerprint density at radius 3 is 2.36 bits per heavy atom. The second kappa shape index (κ2) is 6.69. The summed E-state index contributed by atoms with van der Waals surface area (Å²) in [6.45, 7) is 0.191. The van der Waals surface area contributed by atoms with Crippen molar-refractivity contribution < 1.29 is 14.3 Å². The van der Waals surface area contributed by atoms with Gasteiger partial charge in [0.2, 0.25) is 6.10 Å². The summed E-state index contributed by atoms with van der Waals surface area (Å²) in [6.07, 6.45) is -0.682. The third-order valence-corrected chi connectivity index (χ3v) is 4.07. The summed E-state index contributed by atoms with van der Waals surface area (Å²) in [6, 6.07) is 25.0. The summed E-state index contributed by atoms with van der Waals surface area (Å²) in [7, 11) is 0. The van der Waals surface area contributed by atoms with Crippen molar-refractivity contribution in [3.05, 3.63) is 78.9 Å². The molecule has 1 amide bonds. The maximum atomic E-state index is 12.6. The number of anilines is 1. The highest BCUT2D eigenvalue weighted by Gasteiger charge is 2.27. The largest absolute Gasteiger partial charge is 0.485 e. The van der Waals surface area contributed by atoms with Crippen LogP contribution in [0.5, 0.6) is 11.5 Å². The molecule has 0 saturated heterocycles. The molecule has 0 saturated carbocycles. The first-order valence-electron chi connectivity index (χ1n) is 8.15. The molecule has 0 aliphatic carbocycles. The highest BCUT2D eigenvalue weighted by Crippen LogP contribution is 2.32. The lowest BCUT2D eigenvalue weighted by atomic mass is 10.0. The van der Waals surface area contributed by atoms with Gasteiger partial charge in [-0.3, -0.25) is 4.79 Å². The molecule has 1 N–H and O–H groups in total. The standard InChI is InChI=1S/C21H17NO3/c23-21(20-14-24-18-12-6-7-13-19(18)25-20)22-17-11-5-4-10-16(17)15-8-2-1-3-9-15/h1-13,20H,14H2,(H,22,23). The van der Waals surface area contributed by atoms with Crippen molar-refractivity contribution in [1.29, 1.82) is 0 Å². The van der Waals surface area contributed by atoms with E-state index in [9.17, 15) is 4.79 Å². The normalized spacial score (nSPS) is 15.4. The van der Waals surface area contributed by atoms with E-state index in [1.807, 2.05) is 72.8 Å². The van der Waals surface area contributed by atoms with E-state index in [0.717, 1.165) is 16.8 Å². The SMILES string of the molecule is O=C(Nc1ccccc1-c1ccccc1)C1COc2ccccc2O1. The Hall–Kier alpha value is -3.27. The van der Waals surface area contributed by atoms with Crippen LogP contribution in [-0.4, -0.2) is 18.6 Å². The highest BCUT2D eigenvalue weighted by molar-refractivity contribution is 5.98. The zero-order chi connectivity index (χ0) is 17.1. The lowest BCUT2D eigenvalue weighted by Crippen LogP contribution is -2.40. The van der Waals surface area contributed by atoms with Gasteiger partial charge >= 0.3 is 0 Å². The van der Waals surface area contributed by atoms with E-state index < -0.39 is 6.10 Å². The van der Waals surface area contributed by atoms with Crippen molar-refractivity contribution >= 4 is 11.6 Å². The van der Waals surface area contributed by atoms with E-state index >= 15 is 0 Å². The van der Waals surface area contributed by atoms with Crippen LogP contribution in [0.1, 0.15) is 0 Å². The first-order chi connectivity index (χ1) is 12.3. The number of fused-ring (bicyclic) bond motifs is 1. The number of benzene rings is 3. The molecule has 1 atom stereocenters. The fraction of sp³-hybridized carbons (Fsp3) is 0.0952. The summed E-state index contributed by atoms with van der Waals surface area (Å²) in [5, 5.41) is 2.97. The van der Waals surface area contributed by atoms with Crippen LogP contribution in [0, 0.1) is 0 Å². The number of hydrogen-bond donors (Lipinski definition) is 1. The Labute approximate surface area is 146 Å². The van der Waals surface area contributed by atoms with Gasteiger partial charge in [0.15, 0.2) is 11.5 Å². The third kappa shape index (κ3) is 3.19. The Kier molecular flexibility index (Phi) is 4.09. The minimum atomic E-state index is -0.682. The molecule has 25 heavy (non-hydrogen) atoms. The fourth-order valence-corrected chi connectivity index (χ4v) is 2.82. The van der Waals surface area contributed by atoms with Crippen LogP contribution >= 0.6 is 0 Å². The molecule has 3 aromatic rings. The molecule has 3 aromatic carbocycles. The van der Waals surface area contributed by atoms with Crippen molar-refractivity contribution in [1.82, 2.24) is 0 Å². The van der Waals surface area contributed by atoms with Crippen molar-refractivity contribution in [3.63, 3.8) is 0 Å². The van der Waals surface area contributed by atoms with E-state index in [-0.39, 0.29) is 12.5 Å². The number of rotatable bonds is 3. The zero-order valence-electron chi connectivity index (χ0n) is 13.5. The van der Waals surface area contributed by atoms with Crippen LogP contribution < -0.4 is 14.8 Å². The Morgan fingerprint density at radius 2 is 1.52 bits per heavy atom. The van der Waals surface area contributed by atoms with Crippen molar-refractivity contribution in [2.24, 2.45) is 0 Å². The number of carbonyl (C=O) groups is 1. The first-order valence-corrected chi connectivity index (χ1v) is 8.15. The maximum absolute atomic E-state index is 12.6. The fourth-order valence-electron chi connectivity index (χ4n) is 2.82. The number of nitrogens with one attached hydrogen (secondary N) is 1. The topological polar surface area (TPSA) is 47.6 Å². The number of amides is 1. The van der Waals surface area contributed by atoms with Gasteiger partial charge in [0.05, 0.1) is 0 Å². The second-order valence-corrected chi connectivity index (χ2v) is 5.77. The molecule has 1 unspecified atom stereocenters. The van der Waals surface area contributed by atoms with Crippen LogP contribution in [-0.2, 0) is 4.79 Å². The van der Waals surface area contributed by atoms with Crippen molar-refractivity contribution in [3.8, 4) is 22.6 Å². The van der Waals surface area contributed by atoms with Crippen LogP contribution in [0.15, 0.2) is 78.9 Å². The molecule has 0 aromatic heterocycles. The first kappa shape index (κ1) is 15.3. The molecular weight excluding hydrogens is 314 g/mol. The monoisotopic (exact) mass is 331 g/mol. The Bertz CT molecular complexity index is 892. The molecule has 0 bridgehead atoms. The Morgan fingerprint density at radius 1 is 0.840 bits per heavy atom. The lowest BCUT2D eigenvalue weighted by molar-refractivity contribution is -0.125. The van der Waals surface area contributed by atoms with Crippen molar-refractivity contribution in [2.45, 2.75) is 6.10 Å². The molecule has 0 radical (unpaired) electrons. The van der Waals surface area contributed by atoms with E-state index in [1.165, 1.54) is 0 Å². The Balaban J connectivity index is 1.55. The number of para-hydroxylation sites is 3. The van der Waals surface area contributed by atoms with Crippen LogP contribution in [0.25, 0.3) is 11.1 Å². The van der Waals surface area contributed by atoms with E-state index in [2.05, 4.69) is 5.32 Å². The average molecular weight is 331 g/mol. The molecule has 124 valence electrons. The van der Waals surface area contributed by atoms with E-state index in [1.54, 1.807) is 6.07 Å². The zero-order valence-corrected chi connectivity index (χ0v) is 13.5. The van der Waals surface area contributed by atoms with Crippen LogP contribution in [0.2, 0.25) is 0 Å². The second-order valence-electron chi connectivity index (χ2n) is 5.77. The third-order valence-electron chi connectivity index (χ3n) is 4.07. The summed E-state index contributed by atoms with van der Waals surface area (Å²) >= 11 is 0. The summed E-state index contributed by atoms with van der Waals surface area (Å²) < 4.78 is 11.4. The summed E-state index contributed by atoms with van der Waals surface area (Å²) in [5.41, 5.74) is 2.76. The highest BCUT2D eigenvalue weighted by atomic mass is 16.6. The summed E-state index contributed by atoms with van der Waals surface area (Å²) in [4.78, 5) is 12.6. The molecule has 4 heteroatoms. The quantitative estimate of drug-likeness (QED) is 0.785. The predicted octanol–water partition coefficient (Wildman–Crippen LogP) is 4.13. The van der Waals surface area contributed by atoms with E-state index in [4.69, 9.17) is 9.47 Å². The van der Waals surface area contributed by atoms with Gasteiger partial charge in [0, 0.05) is 11.3 Å². The molecule has 4 rings (SSSR count). The van der Waals surface area contributed by atoms with Crippen molar-refractivity contribution in [2.75, 3.05) is 11.9 Å². The number of carbonyl (C=O) groups excluding carboxylic acids is 1. The molecule has 1 aliphatic rings. The van der Waals surface area contributed by atoms with Gasteiger partial charge in [-0.25, -0.2) is 0 Å². The van der Waals surface area contributed by atoms with Gasteiger partial charge in [-0.1, -0.05) is 60.7 Å². The minimum absolute atomic E-state index is 0.191. The van der Waals surface area contributed by atoms with Crippen LogP contribution in [0.4, 0.5) is 5.69 Å².